The van der Waals surface area contributed by atoms with Crippen LogP contribution in [-0.4, -0.2) is 49.8 Å². The number of hydrogen-bond acceptors (Lipinski definition) is 3. The van der Waals surface area contributed by atoms with Crippen LogP contribution < -0.4 is 5.32 Å². The topological polar surface area (TPSA) is 24.5 Å². The summed E-state index contributed by atoms with van der Waals surface area (Å²) in [5.74, 6) is 0. The van der Waals surface area contributed by atoms with Crippen molar-refractivity contribution in [2.24, 2.45) is 0 Å². The molecule has 1 aliphatic carbocycles. The summed E-state index contributed by atoms with van der Waals surface area (Å²) in [6.45, 7) is 7.66. The molecule has 1 saturated carbocycles. The van der Waals surface area contributed by atoms with Crippen LogP contribution in [0.5, 0.6) is 0 Å². The summed E-state index contributed by atoms with van der Waals surface area (Å²) in [7, 11) is 0. The van der Waals surface area contributed by atoms with Crippen molar-refractivity contribution in [1.82, 2.24) is 10.2 Å². The Bertz CT molecular complexity index is 231. The standard InChI is InChI=1S/C16H32N2O/c1-2-3-4-5-6-7-10-18-11-12-19-14-16(18)13-17-15-8-9-15/h15-17H,2-14H2,1H3. The molecule has 3 heteroatoms. The highest BCUT2D eigenvalue weighted by Crippen LogP contribution is 2.19. The molecule has 19 heavy (non-hydrogen) atoms. The number of nitrogens with one attached hydrogen (secondary N) is 1. The van der Waals surface area contributed by atoms with Gasteiger partial charge in [0.05, 0.1) is 13.2 Å². The summed E-state index contributed by atoms with van der Waals surface area (Å²) in [5, 5.41) is 3.65. The highest BCUT2D eigenvalue weighted by molar-refractivity contribution is 4.85. The third-order valence-corrected chi connectivity index (χ3v) is 4.37. The smallest absolute Gasteiger partial charge is 0.0634 e. The van der Waals surface area contributed by atoms with Crippen LogP contribution in [0.3, 0.4) is 0 Å². The first kappa shape index (κ1) is 15.3. The zero-order valence-electron chi connectivity index (χ0n) is 12.7. The number of nitrogens with zero attached hydrogens (tertiary/aromatic N) is 1. The molecule has 1 atom stereocenters. The van der Waals surface area contributed by atoms with E-state index in [1.165, 1.54) is 57.9 Å². The Balaban J connectivity index is 1.55. The van der Waals surface area contributed by atoms with Gasteiger partial charge in [0.1, 0.15) is 0 Å². The minimum atomic E-state index is 0.616. The molecule has 1 aliphatic heterocycles. The molecular formula is C16H32N2O. The minimum Gasteiger partial charge on any atom is -0.378 e. The Hall–Kier alpha value is -0.120. The van der Waals surface area contributed by atoms with Crippen molar-refractivity contribution in [3.05, 3.63) is 0 Å². The second-order valence-corrected chi connectivity index (χ2v) is 6.21. The molecule has 0 bridgehead atoms. The molecule has 0 radical (unpaired) electrons. The Morgan fingerprint density at radius 1 is 1.11 bits per heavy atom. The zero-order valence-corrected chi connectivity index (χ0v) is 12.7. The highest BCUT2D eigenvalue weighted by atomic mass is 16.5. The van der Waals surface area contributed by atoms with Gasteiger partial charge in [-0.3, -0.25) is 4.90 Å². The molecule has 112 valence electrons. The van der Waals surface area contributed by atoms with Gasteiger partial charge in [0.15, 0.2) is 0 Å². The Morgan fingerprint density at radius 3 is 2.68 bits per heavy atom. The summed E-state index contributed by atoms with van der Waals surface area (Å²) in [5.41, 5.74) is 0. The fourth-order valence-corrected chi connectivity index (χ4v) is 2.86. The summed E-state index contributed by atoms with van der Waals surface area (Å²) < 4.78 is 5.64. The molecule has 1 N–H and O–H groups in total. The number of ether oxygens (including phenoxy) is 1. The van der Waals surface area contributed by atoms with E-state index in [4.69, 9.17) is 4.74 Å². The van der Waals surface area contributed by atoms with Crippen molar-refractivity contribution in [2.75, 3.05) is 32.8 Å². The molecule has 2 aliphatic rings. The Kier molecular flexibility index (Phi) is 7.18. The van der Waals surface area contributed by atoms with Gasteiger partial charge in [0.2, 0.25) is 0 Å². The fraction of sp³-hybridized carbons (Fsp3) is 1.00. The fourth-order valence-electron chi connectivity index (χ4n) is 2.86. The van der Waals surface area contributed by atoms with Gasteiger partial charge in [-0.2, -0.15) is 0 Å². The highest BCUT2D eigenvalue weighted by Gasteiger charge is 2.26. The number of hydrogen-bond donors (Lipinski definition) is 1. The lowest BCUT2D eigenvalue weighted by atomic mass is 10.1. The van der Waals surface area contributed by atoms with Crippen molar-refractivity contribution < 1.29 is 4.74 Å². The quantitative estimate of drug-likeness (QED) is 0.617. The predicted octanol–water partition coefficient (Wildman–Crippen LogP) is 2.80. The third kappa shape index (κ3) is 6.24. The van der Waals surface area contributed by atoms with Gasteiger partial charge in [-0.25, -0.2) is 0 Å². The summed E-state index contributed by atoms with van der Waals surface area (Å²) in [6.07, 6.45) is 11.1. The first-order valence-corrected chi connectivity index (χ1v) is 8.45. The molecule has 1 heterocycles. The summed E-state index contributed by atoms with van der Waals surface area (Å²) in [6, 6.07) is 1.43. The van der Waals surface area contributed by atoms with E-state index in [2.05, 4.69) is 17.1 Å². The minimum absolute atomic E-state index is 0.616. The van der Waals surface area contributed by atoms with Crippen LogP contribution in [0.25, 0.3) is 0 Å². The lowest BCUT2D eigenvalue weighted by Gasteiger charge is -2.35. The van der Waals surface area contributed by atoms with Gasteiger partial charge in [0.25, 0.3) is 0 Å². The second kappa shape index (κ2) is 8.93. The molecule has 0 aromatic carbocycles. The molecule has 0 amide bonds. The lowest BCUT2D eigenvalue weighted by molar-refractivity contribution is -0.00753. The lowest BCUT2D eigenvalue weighted by Crippen LogP contribution is -2.50. The molecule has 2 fully saturated rings. The number of morpholine rings is 1. The van der Waals surface area contributed by atoms with E-state index in [1.807, 2.05) is 0 Å². The van der Waals surface area contributed by atoms with E-state index < -0.39 is 0 Å². The van der Waals surface area contributed by atoms with E-state index in [1.54, 1.807) is 0 Å². The van der Waals surface area contributed by atoms with Gasteiger partial charge < -0.3 is 10.1 Å². The average molecular weight is 268 g/mol. The van der Waals surface area contributed by atoms with Crippen molar-refractivity contribution in [1.29, 1.82) is 0 Å². The van der Waals surface area contributed by atoms with E-state index in [9.17, 15) is 0 Å². The van der Waals surface area contributed by atoms with Crippen LogP contribution in [0, 0.1) is 0 Å². The first-order chi connectivity index (χ1) is 9.40. The van der Waals surface area contributed by atoms with Crippen LogP contribution in [0.2, 0.25) is 0 Å². The maximum Gasteiger partial charge on any atom is 0.0634 e. The molecule has 0 aromatic heterocycles. The van der Waals surface area contributed by atoms with E-state index in [0.717, 1.165) is 32.3 Å². The Morgan fingerprint density at radius 2 is 1.89 bits per heavy atom. The van der Waals surface area contributed by atoms with Crippen LogP contribution in [0.15, 0.2) is 0 Å². The molecule has 3 nitrogen and oxygen atoms in total. The maximum atomic E-state index is 5.64. The van der Waals surface area contributed by atoms with E-state index in [-0.39, 0.29) is 0 Å². The largest absolute Gasteiger partial charge is 0.378 e. The van der Waals surface area contributed by atoms with Crippen LogP contribution >= 0.6 is 0 Å². The number of unbranched alkanes of at least 4 members (excludes halogenated alkanes) is 5. The van der Waals surface area contributed by atoms with Crippen LogP contribution in [0.1, 0.15) is 58.3 Å². The number of rotatable bonds is 10. The second-order valence-electron chi connectivity index (χ2n) is 6.21. The Labute approximate surface area is 119 Å². The zero-order chi connectivity index (χ0) is 13.3. The predicted molar refractivity (Wildman–Crippen MR) is 80.6 cm³/mol. The van der Waals surface area contributed by atoms with Gasteiger partial charge in [-0.15, -0.1) is 0 Å². The van der Waals surface area contributed by atoms with Crippen LogP contribution in [-0.2, 0) is 4.74 Å². The van der Waals surface area contributed by atoms with Crippen molar-refractivity contribution in [2.45, 2.75) is 70.4 Å². The molecular weight excluding hydrogens is 236 g/mol. The van der Waals surface area contributed by atoms with E-state index in [0.29, 0.717) is 6.04 Å². The molecule has 1 unspecified atom stereocenters. The normalized spacial score (nSPS) is 24.8. The van der Waals surface area contributed by atoms with Crippen molar-refractivity contribution in [3.63, 3.8) is 0 Å². The van der Waals surface area contributed by atoms with Gasteiger partial charge in [-0.1, -0.05) is 39.0 Å². The van der Waals surface area contributed by atoms with Gasteiger partial charge in [-0.05, 0) is 25.8 Å². The maximum absolute atomic E-state index is 5.64. The monoisotopic (exact) mass is 268 g/mol. The molecule has 1 saturated heterocycles. The molecule has 2 rings (SSSR count). The van der Waals surface area contributed by atoms with Crippen LogP contribution in [0.4, 0.5) is 0 Å². The van der Waals surface area contributed by atoms with Gasteiger partial charge in [0, 0.05) is 25.2 Å². The molecule has 0 aromatic rings. The molecule has 0 spiro atoms. The first-order valence-electron chi connectivity index (χ1n) is 8.45. The summed E-state index contributed by atoms with van der Waals surface area (Å²) in [4.78, 5) is 2.65. The average Bonchev–Trinajstić information content (AvgIpc) is 3.25. The van der Waals surface area contributed by atoms with Gasteiger partial charge >= 0.3 is 0 Å². The van der Waals surface area contributed by atoms with Crippen molar-refractivity contribution >= 4 is 0 Å². The van der Waals surface area contributed by atoms with E-state index >= 15 is 0 Å². The van der Waals surface area contributed by atoms with Crippen molar-refractivity contribution in [3.8, 4) is 0 Å². The SMILES string of the molecule is CCCCCCCCN1CCOCC1CNC1CC1. The third-order valence-electron chi connectivity index (χ3n) is 4.37. The summed E-state index contributed by atoms with van der Waals surface area (Å²) >= 11 is 0.